The molecule has 18 nitrogen and oxygen atoms in total. The smallest absolute Gasteiger partial charge is 0.329 e. The molecule has 348 valence electrons. The summed E-state index contributed by atoms with van der Waals surface area (Å²) in [5.41, 5.74) is 4.80. The molecule has 1 aliphatic carbocycles. The highest BCUT2D eigenvalue weighted by molar-refractivity contribution is 6.09. The Morgan fingerprint density at radius 2 is 1.69 bits per heavy atom. The molecule has 1 spiro atoms. The van der Waals surface area contributed by atoms with Gasteiger partial charge in [0.25, 0.3) is 5.56 Å². The van der Waals surface area contributed by atoms with E-state index in [-0.39, 0.29) is 30.0 Å². The highest BCUT2D eigenvalue weighted by atomic mass is 16.5. The molecule has 3 amide bonds. The number of carbonyl (C=O) groups is 2. The van der Waals surface area contributed by atoms with Gasteiger partial charge in [-0.1, -0.05) is 19.1 Å². The maximum absolute atomic E-state index is 13.6. The highest BCUT2D eigenvalue weighted by Crippen LogP contribution is 2.39. The van der Waals surface area contributed by atoms with E-state index in [1.807, 2.05) is 49.0 Å². The van der Waals surface area contributed by atoms with Crippen LogP contribution >= 0.6 is 0 Å². The average molecular weight is 908 g/mol. The van der Waals surface area contributed by atoms with Crippen LogP contribution in [0.1, 0.15) is 63.1 Å². The molecule has 11 rings (SSSR count). The number of pyridine rings is 1. The predicted molar refractivity (Wildman–Crippen MR) is 257 cm³/mol. The molecule has 8 heterocycles. The fourth-order valence-corrected chi connectivity index (χ4v) is 11.0. The van der Waals surface area contributed by atoms with Gasteiger partial charge in [0.15, 0.2) is 17.3 Å². The minimum Gasteiger partial charge on any atom is -0.384 e. The standard InChI is InChI=1S/C49H57N13O5/c1-4-21-61-45(64)38-30-50-46(54-43(38)62(61)40-13-6-32-14-18-49(66,5-2)42(32)52-40)51-33-7-9-34(10-8-33)57-22-15-35(16-23-57)59-27-28-67-48(31-59)19-25-58(26-20-48)36-11-12-37-39(29-36)56(3)55-44(37)60-24-17-41(63)53-47(60)65/h4,6-13,29-30,35,66H,1,5,14-28,31H2,2-3H3,(H,50,51,54)(H,53,63,65)/t49-/m1/s1. The molecule has 6 aromatic rings. The number of nitrogens with one attached hydrogen (secondary N) is 2. The molecule has 18 heteroatoms. The minimum atomic E-state index is -0.996. The summed E-state index contributed by atoms with van der Waals surface area (Å²) in [5, 5.41) is 23.0. The number of benzene rings is 2. The zero-order chi connectivity index (χ0) is 46.0. The van der Waals surface area contributed by atoms with Crippen LogP contribution < -0.4 is 30.9 Å². The van der Waals surface area contributed by atoms with E-state index in [1.54, 1.807) is 26.5 Å². The molecule has 2 aromatic carbocycles. The first-order valence-electron chi connectivity index (χ1n) is 23.7. The fourth-order valence-electron chi connectivity index (χ4n) is 11.0. The van der Waals surface area contributed by atoms with Crippen LogP contribution in [0.4, 0.5) is 33.6 Å². The summed E-state index contributed by atoms with van der Waals surface area (Å²) >= 11 is 0. The van der Waals surface area contributed by atoms with Gasteiger partial charge in [-0.25, -0.2) is 24.1 Å². The second-order valence-electron chi connectivity index (χ2n) is 18.8. The van der Waals surface area contributed by atoms with E-state index in [4.69, 9.17) is 14.7 Å². The summed E-state index contributed by atoms with van der Waals surface area (Å²) in [7, 11) is 1.89. The molecular formula is C49H57N13O5. The molecule has 4 aromatic heterocycles. The van der Waals surface area contributed by atoms with E-state index in [9.17, 15) is 19.5 Å². The first-order valence-corrected chi connectivity index (χ1v) is 23.7. The summed E-state index contributed by atoms with van der Waals surface area (Å²) < 4.78 is 11.7. The SMILES string of the molecule is C=CCn1c(=O)c2cnc(Nc3ccc(N4CCC(N5CCOC6(CCN(c7ccc8c(N9CCC(=O)NC9=O)nn(C)c8c7)CC6)C5)CC4)cc3)nc2n1-c1ccc2c(n1)[C@@](O)(CC)CC2. The van der Waals surface area contributed by atoms with Gasteiger partial charge >= 0.3 is 6.03 Å². The van der Waals surface area contributed by atoms with Gasteiger partial charge < -0.3 is 25.0 Å². The number of ether oxygens (including phenoxy) is 1. The summed E-state index contributed by atoms with van der Waals surface area (Å²) in [6, 6.07) is 18.6. The Kier molecular flexibility index (Phi) is 10.8. The number of amides is 3. The lowest BCUT2D eigenvalue weighted by molar-refractivity contribution is -0.131. The van der Waals surface area contributed by atoms with Crippen molar-refractivity contribution in [3.05, 3.63) is 95.1 Å². The Hall–Kier alpha value is -6.63. The van der Waals surface area contributed by atoms with Gasteiger partial charge in [0.1, 0.15) is 11.0 Å². The Morgan fingerprint density at radius 1 is 0.910 bits per heavy atom. The summed E-state index contributed by atoms with van der Waals surface area (Å²) in [6.07, 6.45) is 9.50. The van der Waals surface area contributed by atoms with Crippen LogP contribution in [0, 0.1) is 0 Å². The summed E-state index contributed by atoms with van der Waals surface area (Å²) in [6.45, 7) is 12.8. The number of rotatable bonds is 10. The Bertz CT molecular complexity index is 2960. The van der Waals surface area contributed by atoms with Gasteiger partial charge in [-0.05, 0) is 99.0 Å². The van der Waals surface area contributed by atoms with Crippen molar-refractivity contribution in [1.82, 2.24) is 44.3 Å². The molecule has 0 bridgehead atoms. The number of fused-ring (bicyclic) bond motifs is 3. The number of aryl methyl sites for hydroxylation is 2. The quantitative estimate of drug-likeness (QED) is 0.154. The number of urea groups is 1. The summed E-state index contributed by atoms with van der Waals surface area (Å²) in [4.78, 5) is 61.3. The van der Waals surface area contributed by atoms with Crippen LogP contribution in [0.5, 0.6) is 0 Å². The maximum Gasteiger partial charge on any atom is 0.329 e. The zero-order valence-corrected chi connectivity index (χ0v) is 38.2. The molecule has 3 N–H and O–H groups in total. The molecule has 4 aliphatic heterocycles. The van der Waals surface area contributed by atoms with Crippen LogP contribution in [-0.4, -0.2) is 120 Å². The predicted octanol–water partition coefficient (Wildman–Crippen LogP) is 5.12. The van der Waals surface area contributed by atoms with Gasteiger partial charge in [-0.15, -0.1) is 6.58 Å². The molecule has 67 heavy (non-hydrogen) atoms. The zero-order valence-electron chi connectivity index (χ0n) is 38.2. The number of morpholine rings is 1. The minimum absolute atomic E-state index is 0.154. The van der Waals surface area contributed by atoms with Crippen LogP contribution in [0.25, 0.3) is 27.8 Å². The van der Waals surface area contributed by atoms with Gasteiger partial charge in [0.05, 0.1) is 30.0 Å². The van der Waals surface area contributed by atoms with Crippen molar-refractivity contribution in [3.8, 4) is 5.82 Å². The topological polar surface area (TPSA) is 184 Å². The monoisotopic (exact) mass is 907 g/mol. The van der Waals surface area contributed by atoms with E-state index in [0.717, 1.165) is 106 Å². The van der Waals surface area contributed by atoms with Crippen LogP contribution in [-0.2, 0) is 35.1 Å². The van der Waals surface area contributed by atoms with Crippen molar-refractivity contribution in [2.24, 2.45) is 7.05 Å². The molecule has 0 radical (unpaired) electrons. The van der Waals surface area contributed by atoms with E-state index < -0.39 is 11.6 Å². The van der Waals surface area contributed by atoms with E-state index in [0.29, 0.717) is 59.7 Å². The van der Waals surface area contributed by atoms with E-state index in [2.05, 4.69) is 66.3 Å². The molecule has 0 saturated carbocycles. The number of allylic oxidation sites excluding steroid dienone is 1. The highest BCUT2D eigenvalue weighted by Gasteiger charge is 2.42. The van der Waals surface area contributed by atoms with Crippen molar-refractivity contribution in [2.75, 3.05) is 72.4 Å². The molecule has 4 fully saturated rings. The lowest BCUT2D eigenvalue weighted by Crippen LogP contribution is -2.60. The average Bonchev–Trinajstić information content (AvgIpc) is 3.96. The third-order valence-electron chi connectivity index (χ3n) is 14.9. The molecule has 5 aliphatic rings. The number of carbonyl (C=O) groups excluding carboxylic acids is 2. The van der Waals surface area contributed by atoms with Crippen molar-refractivity contribution in [2.45, 2.75) is 82.1 Å². The first kappa shape index (κ1) is 43.0. The number of imide groups is 1. The number of aromatic nitrogens is 7. The fraction of sp³-hybridized carbons (Fsp3) is 0.449. The maximum atomic E-state index is 13.6. The lowest BCUT2D eigenvalue weighted by atomic mass is 9.87. The largest absolute Gasteiger partial charge is 0.384 e. The van der Waals surface area contributed by atoms with Gasteiger partial charge in [-0.2, -0.15) is 10.1 Å². The number of aliphatic hydroxyl groups is 1. The second kappa shape index (κ2) is 16.9. The Morgan fingerprint density at radius 3 is 2.45 bits per heavy atom. The third-order valence-corrected chi connectivity index (χ3v) is 14.9. The van der Waals surface area contributed by atoms with Gasteiger partial charge in [-0.3, -0.25) is 29.4 Å². The van der Waals surface area contributed by atoms with Crippen LogP contribution in [0.2, 0.25) is 0 Å². The van der Waals surface area contributed by atoms with Gasteiger partial charge in [0.2, 0.25) is 11.9 Å². The molecular weight excluding hydrogens is 851 g/mol. The van der Waals surface area contributed by atoms with Crippen molar-refractivity contribution < 1.29 is 19.4 Å². The van der Waals surface area contributed by atoms with Crippen LogP contribution in [0.15, 0.2) is 78.2 Å². The molecule has 0 unspecified atom stereocenters. The Labute approximate surface area is 387 Å². The van der Waals surface area contributed by atoms with E-state index in [1.165, 1.54) is 5.69 Å². The van der Waals surface area contributed by atoms with Crippen molar-refractivity contribution in [3.63, 3.8) is 0 Å². The number of nitrogens with zero attached hydrogens (tertiary/aromatic N) is 11. The summed E-state index contributed by atoms with van der Waals surface area (Å²) in [5.74, 6) is 1.18. The lowest BCUT2D eigenvalue weighted by Gasteiger charge is -2.50. The number of anilines is 5. The number of hydrogen-bond acceptors (Lipinski definition) is 13. The van der Waals surface area contributed by atoms with Crippen molar-refractivity contribution in [1.29, 1.82) is 0 Å². The number of piperidine rings is 2. The third kappa shape index (κ3) is 7.69. The first-order chi connectivity index (χ1) is 32.5. The van der Waals surface area contributed by atoms with Gasteiger partial charge in [0, 0.05) is 94.0 Å². The Balaban J connectivity index is 0.712. The molecule has 4 saturated heterocycles. The molecule has 1 atom stereocenters. The van der Waals surface area contributed by atoms with Crippen molar-refractivity contribution >= 4 is 62.7 Å². The van der Waals surface area contributed by atoms with Crippen LogP contribution in [0.3, 0.4) is 0 Å². The number of hydrogen-bond donors (Lipinski definition) is 3. The normalized spacial score (nSPS) is 21.4. The van der Waals surface area contributed by atoms with E-state index >= 15 is 0 Å². The second-order valence-corrected chi connectivity index (χ2v) is 18.8.